The quantitative estimate of drug-likeness (QED) is 0.616. The number of alkyl carbamates (subject to hydrolysis) is 1. The van der Waals surface area contributed by atoms with E-state index < -0.39 is 51.9 Å². The number of esters is 1. The number of rotatable bonds is 6. The lowest BCUT2D eigenvalue weighted by molar-refractivity contribution is -0.163. The minimum absolute atomic E-state index is 0.00612. The van der Waals surface area contributed by atoms with Gasteiger partial charge in [0.15, 0.2) is 0 Å². The molecule has 0 heterocycles. The van der Waals surface area contributed by atoms with Crippen molar-refractivity contribution in [1.82, 2.24) is 5.32 Å². The Bertz CT molecular complexity index is 661. The lowest BCUT2D eigenvalue weighted by Gasteiger charge is -2.31. The number of carboxylic acid groups (broad SMARTS) is 1. The SMILES string of the molecule is CC(C)(C)OC(=O)NC(CS[C@H]1CC(=O)C(C)(C)[C@H]1OC(=O)C(C)(C)C)C(=O)O. The van der Waals surface area contributed by atoms with E-state index in [1.54, 1.807) is 55.4 Å². The van der Waals surface area contributed by atoms with Gasteiger partial charge >= 0.3 is 18.0 Å². The van der Waals surface area contributed by atoms with Gasteiger partial charge in [-0.25, -0.2) is 9.59 Å². The van der Waals surface area contributed by atoms with Crippen molar-refractivity contribution in [2.75, 3.05) is 5.75 Å². The predicted octanol–water partition coefficient (Wildman–Crippen LogP) is 3.02. The lowest BCUT2D eigenvalue weighted by Crippen LogP contribution is -2.46. The van der Waals surface area contributed by atoms with Gasteiger partial charge in [0, 0.05) is 17.4 Å². The molecule has 0 bridgehead atoms. The summed E-state index contributed by atoms with van der Waals surface area (Å²) in [5, 5.41) is 11.4. The fourth-order valence-corrected chi connectivity index (χ4v) is 4.19. The van der Waals surface area contributed by atoms with Gasteiger partial charge in [-0.2, -0.15) is 11.8 Å². The van der Waals surface area contributed by atoms with Crippen LogP contribution in [0, 0.1) is 10.8 Å². The van der Waals surface area contributed by atoms with E-state index in [-0.39, 0.29) is 18.0 Å². The molecule has 0 spiro atoms. The second-order valence-corrected chi connectivity index (χ2v) is 11.1. The van der Waals surface area contributed by atoms with E-state index in [9.17, 15) is 24.3 Å². The zero-order valence-corrected chi connectivity index (χ0v) is 19.3. The number of Topliss-reactive ketones (excluding diaryl/α,β-unsaturated/α-hetero) is 1. The highest BCUT2D eigenvalue weighted by Crippen LogP contribution is 2.43. The Morgan fingerprint density at radius 3 is 2.21 bits per heavy atom. The summed E-state index contributed by atoms with van der Waals surface area (Å²) >= 11 is 1.20. The van der Waals surface area contributed by atoms with E-state index in [2.05, 4.69) is 5.32 Å². The minimum Gasteiger partial charge on any atom is -0.480 e. The third-order valence-electron chi connectivity index (χ3n) is 4.47. The number of amides is 1. The smallest absolute Gasteiger partial charge is 0.408 e. The van der Waals surface area contributed by atoms with Crippen LogP contribution >= 0.6 is 11.8 Å². The topological polar surface area (TPSA) is 119 Å². The number of thioether (sulfide) groups is 1. The van der Waals surface area contributed by atoms with E-state index in [0.717, 1.165) is 0 Å². The Morgan fingerprint density at radius 1 is 1.21 bits per heavy atom. The maximum absolute atomic E-state index is 12.5. The molecule has 1 fully saturated rings. The molecule has 0 aromatic carbocycles. The normalized spacial score (nSPS) is 22.7. The molecule has 29 heavy (non-hydrogen) atoms. The summed E-state index contributed by atoms with van der Waals surface area (Å²) in [5.41, 5.74) is -2.34. The first-order valence-corrected chi connectivity index (χ1v) is 10.6. The molecule has 0 aromatic rings. The second kappa shape index (κ2) is 8.93. The average Bonchev–Trinajstić information content (AvgIpc) is 2.71. The fraction of sp³-hybridized carbons (Fsp3) is 0.800. The van der Waals surface area contributed by atoms with Crippen LogP contribution in [0.25, 0.3) is 0 Å². The van der Waals surface area contributed by atoms with Gasteiger partial charge in [-0.1, -0.05) is 0 Å². The summed E-state index contributed by atoms with van der Waals surface area (Å²) < 4.78 is 10.8. The predicted molar refractivity (Wildman–Crippen MR) is 110 cm³/mol. The van der Waals surface area contributed by atoms with E-state index in [4.69, 9.17) is 9.47 Å². The van der Waals surface area contributed by atoms with Crippen LogP contribution in [0.5, 0.6) is 0 Å². The number of nitrogens with one attached hydrogen (secondary N) is 1. The largest absolute Gasteiger partial charge is 0.480 e. The van der Waals surface area contributed by atoms with Crippen molar-refractivity contribution < 1.29 is 33.8 Å². The van der Waals surface area contributed by atoms with Crippen LogP contribution in [0.15, 0.2) is 0 Å². The highest BCUT2D eigenvalue weighted by atomic mass is 32.2. The third kappa shape index (κ3) is 7.21. The zero-order valence-electron chi connectivity index (χ0n) is 18.5. The number of ketones is 1. The monoisotopic (exact) mass is 431 g/mol. The maximum atomic E-state index is 12.5. The van der Waals surface area contributed by atoms with Crippen LogP contribution in [-0.4, -0.2) is 57.7 Å². The second-order valence-electron chi connectivity index (χ2n) is 9.83. The molecule has 1 amide bonds. The molecule has 0 saturated heterocycles. The summed E-state index contributed by atoms with van der Waals surface area (Å²) in [4.78, 5) is 48.3. The first kappa shape index (κ1) is 25.3. The molecule has 3 atom stereocenters. The standard InChI is InChI=1S/C20H33NO7S/c1-18(2,3)16(25)27-14-12(9-13(22)20(14,7)8)29-10-11(15(23)24)21-17(26)28-19(4,5)6/h11-12,14H,9-10H2,1-8H3,(H,21,26)(H,23,24)/t11?,12-,14-/m0/s1. The van der Waals surface area contributed by atoms with Gasteiger partial charge in [0.05, 0.1) is 10.8 Å². The summed E-state index contributed by atoms with van der Waals surface area (Å²) in [6, 6.07) is -1.20. The van der Waals surface area contributed by atoms with Crippen LogP contribution in [0.2, 0.25) is 0 Å². The summed E-state index contributed by atoms with van der Waals surface area (Å²) in [7, 11) is 0. The highest BCUT2D eigenvalue weighted by Gasteiger charge is 2.52. The fourth-order valence-electron chi connectivity index (χ4n) is 2.68. The Hall–Kier alpha value is -1.77. The number of hydrogen-bond donors (Lipinski definition) is 2. The van der Waals surface area contributed by atoms with Crippen LogP contribution in [-0.2, 0) is 23.9 Å². The molecule has 1 unspecified atom stereocenters. The number of carbonyl (C=O) groups excluding carboxylic acids is 3. The molecule has 1 saturated carbocycles. The first-order valence-electron chi connectivity index (χ1n) is 9.53. The van der Waals surface area contributed by atoms with Gasteiger partial charge in [-0.3, -0.25) is 9.59 Å². The maximum Gasteiger partial charge on any atom is 0.408 e. The summed E-state index contributed by atoms with van der Waals surface area (Å²) in [5.74, 6) is -1.67. The van der Waals surface area contributed by atoms with Crippen LogP contribution in [0.1, 0.15) is 61.8 Å². The molecule has 1 rings (SSSR count). The molecule has 0 aliphatic heterocycles. The highest BCUT2D eigenvalue weighted by molar-refractivity contribution is 8.00. The molecular formula is C20H33NO7S. The number of aliphatic carboxylic acids is 1. The summed E-state index contributed by atoms with van der Waals surface area (Å²) in [6.45, 7) is 13.7. The first-order chi connectivity index (χ1) is 12.9. The zero-order chi connectivity index (χ0) is 22.8. The van der Waals surface area contributed by atoms with Crippen molar-refractivity contribution >= 4 is 35.6 Å². The van der Waals surface area contributed by atoms with Gasteiger partial charge in [0.25, 0.3) is 0 Å². The van der Waals surface area contributed by atoms with Crippen molar-refractivity contribution in [3.05, 3.63) is 0 Å². The molecule has 1 aliphatic rings. The van der Waals surface area contributed by atoms with E-state index in [1.807, 2.05) is 0 Å². The number of ether oxygens (including phenoxy) is 2. The van der Waals surface area contributed by atoms with Crippen LogP contribution < -0.4 is 5.32 Å². The van der Waals surface area contributed by atoms with Crippen molar-refractivity contribution in [3.8, 4) is 0 Å². The minimum atomic E-state index is -1.21. The van der Waals surface area contributed by atoms with E-state index in [0.29, 0.717) is 0 Å². The molecule has 0 aromatic heterocycles. The van der Waals surface area contributed by atoms with Crippen molar-refractivity contribution in [2.45, 2.75) is 84.8 Å². The van der Waals surface area contributed by atoms with E-state index >= 15 is 0 Å². The van der Waals surface area contributed by atoms with Crippen molar-refractivity contribution in [1.29, 1.82) is 0 Å². The summed E-state index contributed by atoms with van der Waals surface area (Å²) in [6.07, 6.45) is -1.34. The Kier molecular flexibility index (Phi) is 7.78. The molecule has 166 valence electrons. The Morgan fingerprint density at radius 2 is 1.76 bits per heavy atom. The Labute approximate surface area is 176 Å². The van der Waals surface area contributed by atoms with Crippen molar-refractivity contribution in [2.24, 2.45) is 10.8 Å². The van der Waals surface area contributed by atoms with Crippen LogP contribution in [0.3, 0.4) is 0 Å². The third-order valence-corrected chi connectivity index (χ3v) is 5.83. The lowest BCUT2D eigenvalue weighted by atomic mass is 9.87. The van der Waals surface area contributed by atoms with Gasteiger partial charge < -0.3 is 19.9 Å². The van der Waals surface area contributed by atoms with Crippen molar-refractivity contribution in [3.63, 3.8) is 0 Å². The molecule has 9 heteroatoms. The number of carboxylic acids is 1. The average molecular weight is 432 g/mol. The van der Waals surface area contributed by atoms with Gasteiger partial charge in [-0.05, 0) is 55.4 Å². The Balaban J connectivity index is 2.86. The molecule has 2 N–H and O–H groups in total. The molecular weight excluding hydrogens is 398 g/mol. The number of carbonyl (C=O) groups is 4. The van der Waals surface area contributed by atoms with E-state index in [1.165, 1.54) is 11.8 Å². The van der Waals surface area contributed by atoms with Gasteiger partial charge in [0.2, 0.25) is 0 Å². The molecule has 1 aliphatic carbocycles. The number of hydrogen-bond acceptors (Lipinski definition) is 7. The van der Waals surface area contributed by atoms with Gasteiger partial charge in [-0.15, -0.1) is 0 Å². The van der Waals surface area contributed by atoms with Crippen LogP contribution in [0.4, 0.5) is 4.79 Å². The molecule has 0 radical (unpaired) electrons. The van der Waals surface area contributed by atoms with Gasteiger partial charge in [0.1, 0.15) is 23.5 Å². The molecule has 8 nitrogen and oxygen atoms in total.